The molecule has 0 spiro atoms. The second kappa shape index (κ2) is 8.35. The monoisotopic (exact) mass is 379 g/mol. The third kappa shape index (κ3) is 4.84. The lowest BCUT2D eigenvalue weighted by atomic mass is 10.2. The minimum Gasteiger partial charge on any atom is -0.485 e. The van der Waals surface area contributed by atoms with Crippen molar-refractivity contribution in [3.63, 3.8) is 0 Å². The van der Waals surface area contributed by atoms with Crippen molar-refractivity contribution in [3.05, 3.63) is 48.5 Å². The number of halogens is 2. The third-order valence-corrected chi connectivity index (χ3v) is 3.49. The van der Waals surface area contributed by atoms with Gasteiger partial charge in [0.05, 0.1) is 5.69 Å². The van der Waals surface area contributed by atoms with Crippen molar-refractivity contribution in [1.82, 2.24) is 0 Å². The highest BCUT2D eigenvalue weighted by atomic mass is 19.3. The minimum absolute atomic E-state index is 0.0324. The summed E-state index contributed by atoms with van der Waals surface area (Å²) < 4.78 is 44.8. The van der Waals surface area contributed by atoms with Crippen LogP contribution in [0.2, 0.25) is 0 Å². The molecule has 1 N–H and O–H groups in total. The van der Waals surface area contributed by atoms with Crippen molar-refractivity contribution in [2.75, 3.05) is 18.5 Å². The van der Waals surface area contributed by atoms with E-state index >= 15 is 0 Å². The van der Waals surface area contributed by atoms with Crippen LogP contribution >= 0.6 is 0 Å². The highest BCUT2D eigenvalue weighted by molar-refractivity contribution is 5.94. The Labute approximate surface area is 152 Å². The van der Waals surface area contributed by atoms with Crippen LogP contribution in [0.5, 0.6) is 17.2 Å². The Morgan fingerprint density at radius 3 is 2.59 bits per heavy atom. The number of nitrogens with one attached hydrogen (secondary N) is 1. The van der Waals surface area contributed by atoms with Crippen molar-refractivity contribution in [2.24, 2.45) is 0 Å². The summed E-state index contributed by atoms with van der Waals surface area (Å²) in [5.41, 5.74) is 0.0324. The van der Waals surface area contributed by atoms with Crippen LogP contribution in [0.15, 0.2) is 48.5 Å². The van der Waals surface area contributed by atoms with Gasteiger partial charge in [0.15, 0.2) is 18.1 Å². The number of carbonyl (C=O) groups excluding carboxylic acids is 2. The maximum atomic E-state index is 12.4. The molecule has 0 radical (unpaired) electrons. The Kier molecular flexibility index (Phi) is 5.70. The molecule has 3 rings (SSSR count). The Bertz CT molecular complexity index is 829. The second-order valence-corrected chi connectivity index (χ2v) is 5.39. The maximum Gasteiger partial charge on any atom is 0.387 e. The molecule has 9 heteroatoms. The molecule has 0 aromatic heterocycles. The molecule has 27 heavy (non-hydrogen) atoms. The summed E-state index contributed by atoms with van der Waals surface area (Å²) in [6.45, 7) is -3.71. The van der Waals surface area contributed by atoms with Crippen LogP contribution in [-0.2, 0) is 14.3 Å². The van der Waals surface area contributed by atoms with E-state index in [0.29, 0.717) is 11.5 Å². The number of fused-ring (bicyclic) bond motifs is 1. The van der Waals surface area contributed by atoms with Crippen molar-refractivity contribution in [1.29, 1.82) is 0 Å². The van der Waals surface area contributed by atoms with Gasteiger partial charge in [-0.05, 0) is 24.3 Å². The SMILES string of the molecule is O=C(COC(=O)[C@@H]1COc2ccccc2O1)Nc1ccccc1OC(F)F. The van der Waals surface area contributed by atoms with Crippen LogP contribution < -0.4 is 19.5 Å². The number of hydrogen-bond donors (Lipinski definition) is 1. The fraction of sp³-hybridized carbons (Fsp3) is 0.222. The molecule has 142 valence electrons. The van der Waals surface area contributed by atoms with E-state index in [9.17, 15) is 18.4 Å². The van der Waals surface area contributed by atoms with Crippen LogP contribution in [0, 0.1) is 0 Å². The van der Waals surface area contributed by atoms with Crippen molar-refractivity contribution in [3.8, 4) is 17.2 Å². The highest BCUT2D eigenvalue weighted by Gasteiger charge is 2.29. The Balaban J connectivity index is 1.52. The molecule has 1 heterocycles. The number of anilines is 1. The van der Waals surface area contributed by atoms with E-state index in [1.54, 1.807) is 24.3 Å². The van der Waals surface area contributed by atoms with Crippen molar-refractivity contribution in [2.45, 2.75) is 12.7 Å². The molecule has 0 saturated carbocycles. The minimum atomic E-state index is -3.03. The van der Waals surface area contributed by atoms with E-state index in [-0.39, 0.29) is 18.0 Å². The van der Waals surface area contributed by atoms with E-state index < -0.39 is 31.2 Å². The Morgan fingerprint density at radius 1 is 1.11 bits per heavy atom. The van der Waals surface area contributed by atoms with Gasteiger partial charge in [0, 0.05) is 0 Å². The number of benzene rings is 2. The summed E-state index contributed by atoms with van der Waals surface area (Å²) in [6, 6.07) is 12.5. The number of rotatable bonds is 6. The summed E-state index contributed by atoms with van der Waals surface area (Å²) in [7, 11) is 0. The van der Waals surface area contributed by atoms with Gasteiger partial charge >= 0.3 is 12.6 Å². The molecule has 0 bridgehead atoms. The average Bonchev–Trinajstić information content (AvgIpc) is 2.67. The zero-order chi connectivity index (χ0) is 19.2. The summed E-state index contributed by atoms with van der Waals surface area (Å²) in [6.07, 6.45) is -1.01. The number of hydrogen-bond acceptors (Lipinski definition) is 6. The third-order valence-electron chi connectivity index (χ3n) is 3.49. The zero-order valence-electron chi connectivity index (χ0n) is 13.9. The van der Waals surface area contributed by atoms with Gasteiger partial charge in [0.1, 0.15) is 12.4 Å². The molecule has 0 fully saturated rings. The van der Waals surface area contributed by atoms with Crippen LogP contribution in [0.3, 0.4) is 0 Å². The van der Waals surface area contributed by atoms with Crippen LogP contribution in [-0.4, -0.2) is 37.8 Å². The normalized spacial score (nSPS) is 15.1. The topological polar surface area (TPSA) is 83.1 Å². The summed E-state index contributed by atoms with van der Waals surface area (Å²) in [4.78, 5) is 24.0. The van der Waals surface area contributed by atoms with E-state index in [1.807, 2.05) is 0 Å². The van der Waals surface area contributed by atoms with Gasteiger partial charge < -0.3 is 24.3 Å². The van der Waals surface area contributed by atoms with Gasteiger partial charge in [-0.2, -0.15) is 8.78 Å². The predicted octanol–water partition coefficient (Wildman–Crippen LogP) is 2.61. The van der Waals surface area contributed by atoms with E-state index in [1.165, 1.54) is 24.3 Å². The van der Waals surface area contributed by atoms with Gasteiger partial charge in [-0.25, -0.2) is 4.79 Å². The summed E-state index contributed by atoms with van der Waals surface area (Å²) in [5, 5.41) is 2.34. The first-order chi connectivity index (χ1) is 13.0. The molecular formula is C18H15F2NO6. The maximum absolute atomic E-state index is 12.4. The standard InChI is InChI=1S/C18H15F2NO6/c19-18(20)27-12-6-2-1-5-11(12)21-16(22)10-25-17(23)15-9-24-13-7-3-4-8-14(13)26-15/h1-8,15,18H,9-10H2,(H,21,22)/t15-/m0/s1. The molecule has 7 nitrogen and oxygen atoms in total. The summed E-state index contributed by atoms with van der Waals surface area (Å²) >= 11 is 0. The van der Waals surface area contributed by atoms with Gasteiger partial charge in [-0.15, -0.1) is 0 Å². The Morgan fingerprint density at radius 2 is 1.81 bits per heavy atom. The van der Waals surface area contributed by atoms with E-state index in [4.69, 9.17) is 14.2 Å². The molecule has 2 aromatic rings. The highest BCUT2D eigenvalue weighted by Crippen LogP contribution is 2.31. The number of ether oxygens (including phenoxy) is 4. The molecule has 2 aromatic carbocycles. The number of amides is 1. The number of carbonyl (C=O) groups is 2. The largest absolute Gasteiger partial charge is 0.485 e. The van der Waals surface area contributed by atoms with Crippen molar-refractivity contribution < 1.29 is 37.3 Å². The Hall–Kier alpha value is -3.36. The number of esters is 1. The lowest BCUT2D eigenvalue weighted by Gasteiger charge is -2.24. The smallest absolute Gasteiger partial charge is 0.387 e. The van der Waals surface area contributed by atoms with Crippen LogP contribution in [0.4, 0.5) is 14.5 Å². The number of alkyl halides is 2. The first-order valence-electron chi connectivity index (χ1n) is 7.92. The van der Waals surface area contributed by atoms with Gasteiger partial charge in [-0.1, -0.05) is 24.3 Å². The molecule has 0 saturated heterocycles. The molecule has 1 aliphatic heterocycles. The molecule has 1 atom stereocenters. The molecule has 1 aliphatic rings. The van der Waals surface area contributed by atoms with Crippen LogP contribution in [0.1, 0.15) is 0 Å². The average molecular weight is 379 g/mol. The quantitative estimate of drug-likeness (QED) is 0.777. The fourth-order valence-electron chi connectivity index (χ4n) is 2.32. The predicted molar refractivity (Wildman–Crippen MR) is 89.0 cm³/mol. The molecular weight excluding hydrogens is 364 g/mol. The second-order valence-electron chi connectivity index (χ2n) is 5.39. The summed E-state index contributed by atoms with van der Waals surface area (Å²) in [5.74, 6) is -0.793. The number of para-hydroxylation sites is 4. The first-order valence-corrected chi connectivity index (χ1v) is 7.92. The van der Waals surface area contributed by atoms with Crippen LogP contribution in [0.25, 0.3) is 0 Å². The van der Waals surface area contributed by atoms with E-state index in [0.717, 1.165) is 0 Å². The van der Waals surface area contributed by atoms with E-state index in [2.05, 4.69) is 10.1 Å². The zero-order valence-corrected chi connectivity index (χ0v) is 13.9. The van der Waals surface area contributed by atoms with Crippen molar-refractivity contribution >= 4 is 17.6 Å². The lowest BCUT2D eigenvalue weighted by molar-refractivity contribution is -0.156. The molecule has 0 unspecified atom stereocenters. The lowest BCUT2D eigenvalue weighted by Crippen LogP contribution is -2.39. The fourth-order valence-corrected chi connectivity index (χ4v) is 2.32. The van der Waals surface area contributed by atoms with Gasteiger partial charge in [-0.3, -0.25) is 4.79 Å². The molecule has 1 amide bonds. The first kappa shape index (κ1) is 18.4. The van der Waals surface area contributed by atoms with Gasteiger partial charge in [0.2, 0.25) is 6.10 Å². The molecule has 0 aliphatic carbocycles. The van der Waals surface area contributed by atoms with Gasteiger partial charge in [0.25, 0.3) is 5.91 Å².